The second-order valence-corrected chi connectivity index (χ2v) is 4.33. The van der Waals surface area contributed by atoms with Crippen LogP contribution in [0.2, 0.25) is 5.02 Å². The van der Waals surface area contributed by atoms with Gasteiger partial charge in [0.25, 0.3) is 0 Å². The van der Waals surface area contributed by atoms with E-state index in [1.165, 1.54) is 25.3 Å². The van der Waals surface area contributed by atoms with Gasteiger partial charge in [-0.15, -0.1) is 0 Å². The zero-order valence-electron chi connectivity index (χ0n) is 10.2. The smallest absolute Gasteiger partial charge is 0.200 e. The first-order valence-corrected chi connectivity index (χ1v) is 5.84. The second kappa shape index (κ2) is 5.54. The summed E-state index contributed by atoms with van der Waals surface area (Å²) >= 11 is 5.87. The lowest BCUT2D eigenvalue weighted by Crippen LogP contribution is -2.09. The number of carbonyl (C=O) groups excluding carboxylic acids is 1. The molecule has 2 aromatic rings. The van der Waals surface area contributed by atoms with E-state index in [0.29, 0.717) is 17.9 Å². The first kappa shape index (κ1) is 14.4. The first-order chi connectivity index (χ1) is 9.43. The average molecular weight is 301 g/mol. The molecule has 0 unspecified atom stereocenters. The van der Waals surface area contributed by atoms with E-state index >= 15 is 0 Å². The van der Waals surface area contributed by atoms with Crippen molar-refractivity contribution in [2.24, 2.45) is 0 Å². The Morgan fingerprint density at radius 2 is 1.70 bits per heavy atom. The van der Waals surface area contributed by atoms with Crippen molar-refractivity contribution in [1.82, 2.24) is 0 Å². The minimum atomic E-state index is -1.28. The molecule has 0 radical (unpaired) electrons. The summed E-state index contributed by atoms with van der Waals surface area (Å²) in [5.74, 6) is -4.23. The van der Waals surface area contributed by atoms with Crippen molar-refractivity contribution in [3.8, 4) is 5.75 Å². The van der Waals surface area contributed by atoms with E-state index in [1.54, 1.807) is 0 Å². The molecule has 2 nitrogen and oxygen atoms in total. The molecule has 0 aliphatic heterocycles. The van der Waals surface area contributed by atoms with Gasteiger partial charge in [-0.2, -0.15) is 0 Å². The van der Waals surface area contributed by atoms with Crippen LogP contribution in [-0.4, -0.2) is 12.9 Å². The van der Waals surface area contributed by atoms with Gasteiger partial charge in [0, 0.05) is 17.7 Å². The highest BCUT2D eigenvalue weighted by atomic mass is 35.5. The van der Waals surface area contributed by atoms with Crippen LogP contribution in [0.5, 0.6) is 5.75 Å². The van der Waals surface area contributed by atoms with Crippen LogP contribution in [-0.2, 0) is 0 Å². The van der Waals surface area contributed by atoms with E-state index in [1.807, 2.05) is 0 Å². The molecule has 0 aliphatic rings. The Labute approximate surface area is 117 Å². The van der Waals surface area contributed by atoms with Gasteiger partial charge in [0.05, 0.1) is 17.7 Å². The third-order valence-electron chi connectivity index (χ3n) is 2.65. The van der Waals surface area contributed by atoms with Crippen molar-refractivity contribution in [2.75, 3.05) is 7.11 Å². The molecule has 0 fully saturated rings. The Morgan fingerprint density at radius 1 is 1.10 bits per heavy atom. The van der Waals surface area contributed by atoms with E-state index in [2.05, 4.69) is 0 Å². The lowest BCUT2D eigenvalue weighted by atomic mass is 10.0. The molecule has 0 bridgehead atoms. The number of methoxy groups -OCH3 is 1. The normalized spacial score (nSPS) is 10.4. The maximum atomic E-state index is 13.6. The maximum Gasteiger partial charge on any atom is 0.200 e. The number of hydrogen-bond donors (Lipinski definition) is 0. The Hall–Kier alpha value is -2.01. The molecule has 0 N–H and O–H groups in total. The van der Waals surface area contributed by atoms with Crippen LogP contribution in [0.15, 0.2) is 30.3 Å². The molecule has 0 saturated carbocycles. The summed E-state index contributed by atoms with van der Waals surface area (Å²) in [6, 6.07) is 4.93. The second-order valence-electron chi connectivity index (χ2n) is 3.92. The number of carbonyl (C=O) groups is 1. The highest BCUT2D eigenvalue weighted by Gasteiger charge is 2.22. The molecule has 2 rings (SSSR count). The highest BCUT2D eigenvalue weighted by molar-refractivity contribution is 6.35. The largest absolute Gasteiger partial charge is 0.497 e. The zero-order chi connectivity index (χ0) is 14.9. The molecular weight excluding hydrogens is 293 g/mol. The minimum Gasteiger partial charge on any atom is -0.497 e. The minimum absolute atomic E-state index is 0.0162. The highest BCUT2D eigenvalue weighted by Crippen LogP contribution is 2.26. The van der Waals surface area contributed by atoms with Crippen LogP contribution in [0.4, 0.5) is 13.2 Å². The summed E-state index contributed by atoms with van der Waals surface area (Å²) in [5, 5.41) is -0.0162. The fourth-order valence-electron chi connectivity index (χ4n) is 1.70. The van der Waals surface area contributed by atoms with Gasteiger partial charge in [-0.25, -0.2) is 13.2 Å². The predicted molar refractivity (Wildman–Crippen MR) is 67.8 cm³/mol. The van der Waals surface area contributed by atoms with E-state index in [0.717, 1.165) is 0 Å². The summed E-state index contributed by atoms with van der Waals surface area (Å²) in [7, 11) is 1.41. The van der Waals surface area contributed by atoms with Crippen molar-refractivity contribution in [3.05, 3.63) is 63.9 Å². The molecular formula is C14H8ClF3O2. The fraction of sp³-hybridized carbons (Fsp3) is 0.0714. The molecule has 0 spiro atoms. The molecule has 0 aliphatic carbocycles. The van der Waals surface area contributed by atoms with Gasteiger partial charge < -0.3 is 4.74 Å². The monoisotopic (exact) mass is 300 g/mol. The summed E-state index contributed by atoms with van der Waals surface area (Å²) in [4.78, 5) is 12.1. The quantitative estimate of drug-likeness (QED) is 0.801. The van der Waals surface area contributed by atoms with Gasteiger partial charge in [0.2, 0.25) is 0 Å². The Morgan fingerprint density at radius 3 is 2.20 bits per heavy atom. The van der Waals surface area contributed by atoms with E-state index in [-0.39, 0.29) is 10.6 Å². The molecule has 0 heterocycles. The number of ketones is 1. The van der Waals surface area contributed by atoms with Gasteiger partial charge in [0.15, 0.2) is 5.78 Å². The van der Waals surface area contributed by atoms with Crippen molar-refractivity contribution in [1.29, 1.82) is 0 Å². The lowest BCUT2D eigenvalue weighted by molar-refractivity contribution is 0.103. The number of rotatable bonds is 3. The number of hydrogen-bond acceptors (Lipinski definition) is 2. The van der Waals surface area contributed by atoms with Gasteiger partial charge in [-0.3, -0.25) is 4.79 Å². The van der Waals surface area contributed by atoms with E-state index in [9.17, 15) is 18.0 Å². The van der Waals surface area contributed by atoms with Crippen LogP contribution in [0, 0.1) is 17.5 Å². The number of halogens is 4. The van der Waals surface area contributed by atoms with Crippen LogP contribution in [0.1, 0.15) is 15.9 Å². The van der Waals surface area contributed by atoms with E-state index < -0.39 is 28.8 Å². The molecule has 0 aromatic heterocycles. The standard InChI is InChI=1S/C14H8ClF3O2/c1-20-8-2-3-9(10(15)6-8)14(19)13-11(17)4-7(16)5-12(13)18/h2-6H,1H3. The zero-order valence-corrected chi connectivity index (χ0v) is 11.0. The first-order valence-electron chi connectivity index (χ1n) is 5.47. The molecule has 104 valence electrons. The van der Waals surface area contributed by atoms with Gasteiger partial charge >= 0.3 is 0 Å². The SMILES string of the molecule is COc1ccc(C(=O)c2c(F)cc(F)cc2F)c(Cl)c1. The van der Waals surface area contributed by atoms with Crippen molar-refractivity contribution >= 4 is 17.4 Å². The number of ether oxygens (including phenoxy) is 1. The Kier molecular flexibility index (Phi) is 3.99. The van der Waals surface area contributed by atoms with Crippen molar-refractivity contribution in [3.63, 3.8) is 0 Å². The summed E-state index contributed by atoms with van der Waals surface area (Å²) in [6.07, 6.45) is 0. The van der Waals surface area contributed by atoms with E-state index in [4.69, 9.17) is 16.3 Å². The molecule has 0 amide bonds. The summed E-state index contributed by atoms with van der Waals surface area (Å²) < 4.78 is 44.8. The topological polar surface area (TPSA) is 26.3 Å². The van der Waals surface area contributed by atoms with Crippen LogP contribution < -0.4 is 4.74 Å². The average Bonchev–Trinajstić information content (AvgIpc) is 2.37. The fourth-order valence-corrected chi connectivity index (χ4v) is 1.96. The molecule has 6 heteroatoms. The summed E-state index contributed by atoms with van der Waals surface area (Å²) in [5.41, 5.74) is -0.949. The Balaban J connectivity index is 2.52. The van der Waals surface area contributed by atoms with Gasteiger partial charge in [-0.05, 0) is 18.2 Å². The molecule has 0 atom stereocenters. The summed E-state index contributed by atoms with van der Waals surface area (Å²) in [6.45, 7) is 0. The van der Waals surface area contributed by atoms with Crippen LogP contribution >= 0.6 is 11.6 Å². The van der Waals surface area contributed by atoms with Crippen LogP contribution in [0.3, 0.4) is 0 Å². The van der Waals surface area contributed by atoms with Crippen molar-refractivity contribution < 1.29 is 22.7 Å². The van der Waals surface area contributed by atoms with Gasteiger partial charge in [0.1, 0.15) is 23.2 Å². The number of benzene rings is 2. The Bertz CT molecular complexity index is 663. The lowest BCUT2D eigenvalue weighted by Gasteiger charge is -2.08. The molecule has 20 heavy (non-hydrogen) atoms. The van der Waals surface area contributed by atoms with Crippen molar-refractivity contribution in [2.45, 2.75) is 0 Å². The third kappa shape index (κ3) is 2.63. The molecule has 0 saturated heterocycles. The maximum absolute atomic E-state index is 13.6. The molecule has 2 aromatic carbocycles. The van der Waals surface area contributed by atoms with Crippen LogP contribution in [0.25, 0.3) is 0 Å². The third-order valence-corrected chi connectivity index (χ3v) is 2.97. The van der Waals surface area contributed by atoms with Gasteiger partial charge in [-0.1, -0.05) is 11.6 Å². The predicted octanol–water partition coefficient (Wildman–Crippen LogP) is 4.00.